The van der Waals surface area contributed by atoms with Crippen molar-refractivity contribution < 1.29 is 32.2 Å². The molecule has 0 saturated carbocycles. The van der Waals surface area contributed by atoms with Crippen molar-refractivity contribution in [1.82, 2.24) is 0 Å². The Kier molecular flexibility index (Phi) is 8.40. The van der Waals surface area contributed by atoms with Crippen molar-refractivity contribution in [3.63, 3.8) is 0 Å². The number of hydrogen-bond donors (Lipinski definition) is 1. The lowest BCUT2D eigenvalue weighted by atomic mass is 10.2. The Morgan fingerprint density at radius 3 is 2.21 bits per heavy atom. The summed E-state index contributed by atoms with van der Waals surface area (Å²) in [6.07, 6.45) is 0. The summed E-state index contributed by atoms with van der Waals surface area (Å²) in [5, 5.41) is 0. The Labute approximate surface area is 194 Å². The van der Waals surface area contributed by atoms with Gasteiger partial charge in [-0.2, -0.15) is 0 Å². The summed E-state index contributed by atoms with van der Waals surface area (Å²) in [6, 6.07) is 9.00. The zero-order valence-corrected chi connectivity index (χ0v) is 19.9. The van der Waals surface area contributed by atoms with Crippen molar-refractivity contribution in [2.24, 2.45) is 0 Å². The molecule has 10 heteroatoms. The van der Waals surface area contributed by atoms with E-state index in [9.17, 15) is 13.2 Å². The second-order valence-electron chi connectivity index (χ2n) is 7.13. The van der Waals surface area contributed by atoms with Crippen LogP contribution >= 0.6 is 0 Å². The minimum atomic E-state index is -3.95. The van der Waals surface area contributed by atoms with E-state index in [4.69, 9.17) is 18.9 Å². The van der Waals surface area contributed by atoms with Gasteiger partial charge in [-0.15, -0.1) is 0 Å². The quantitative estimate of drug-likeness (QED) is 0.519. The summed E-state index contributed by atoms with van der Waals surface area (Å²) in [6.45, 7) is 9.03. The third kappa shape index (κ3) is 6.08. The third-order valence-corrected chi connectivity index (χ3v) is 6.31. The molecule has 3 rings (SSSR count). The van der Waals surface area contributed by atoms with Gasteiger partial charge in [-0.05, 0) is 45.0 Å². The molecule has 1 aliphatic heterocycles. The van der Waals surface area contributed by atoms with Crippen molar-refractivity contribution in [3.8, 4) is 11.5 Å². The maximum Gasteiger partial charge on any atom is 0.338 e. The molecule has 1 saturated heterocycles. The van der Waals surface area contributed by atoms with Crippen molar-refractivity contribution in [2.45, 2.75) is 25.7 Å². The molecule has 33 heavy (non-hydrogen) atoms. The van der Waals surface area contributed by atoms with Crippen LogP contribution in [-0.4, -0.2) is 60.5 Å². The molecule has 0 radical (unpaired) electrons. The minimum absolute atomic E-state index is 0.00760. The van der Waals surface area contributed by atoms with Crippen molar-refractivity contribution in [2.75, 3.05) is 55.7 Å². The van der Waals surface area contributed by atoms with Gasteiger partial charge in [0.2, 0.25) is 0 Å². The van der Waals surface area contributed by atoms with Gasteiger partial charge < -0.3 is 23.8 Å². The summed E-state index contributed by atoms with van der Waals surface area (Å²) in [5.74, 6) is 0.445. The largest absolute Gasteiger partial charge is 0.492 e. The molecule has 0 bridgehead atoms. The summed E-state index contributed by atoms with van der Waals surface area (Å²) in [7, 11) is -3.95. The van der Waals surface area contributed by atoms with Gasteiger partial charge in [-0.3, -0.25) is 4.72 Å². The van der Waals surface area contributed by atoms with Crippen molar-refractivity contribution in [3.05, 3.63) is 42.0 Å². The second-order valence-corrected chi connectivity index (χ2v) is 8.81. The van der Waals surface area contributed by atoms with Crippen LogP contribution in [0.1, 0.15) is 31.1 Å². The first-order valence-corrected chi connectivity index (χ1v) is 12.4. The van der Waals surface area contributed by atoms with E-state index in [0.717, 1.165) is 5.69 Å². The van der Waals surface area contributed by atoms with Crippen LogP contribution in [0, 0.1) is 0 Å². The molecule has 180 valence electrons. The number of sulfonamides is 1. The molecular weight excluding hydrogens is 448 g/mol. The van der Waals surface area contributed by atoms with E-state index < -0.39 is 16.0 Å². The van der Waals surface area contributed by atoms with Crippen molar-refractivity contribution >= 4 is 27.4 Å². The Morgan fingerprint density at radius 1 is 0.970 bits per heavy atom. The van der Waals surface area contributed by atoms with Crippen LogP contribution < -0.4 is 19.1 Å². The van der Waals surface area contributed by atoms with E-state index in [0.29, 0.717) is 51.0 Å². The Balaban J connectivity index is 1.93. The highest BCUT2D eigenvalue weighted by molar-refractivity contribution is 7.92. The number of ether oxygens (including phenoxy) is 4. The van der Waals surface area contributed by atoms with E-state index in [1.165, 1.54) is 24.3 Å². The van der Waals surface area contributed by atoms with Crippen LogP contribution in [0.15, 0.2) is 41.3 Å². The van der Waals surface area contributed by atoms with Gasteiger partial charge >= 0.3 is 5.97 Å². The number of anilines is 2. The average Bonchev–Trinajstić information content (AvgIpc) is 2.81. The predicted octanol–water partition coefficient (Wildman–Crippen LogP) is 3.30. The zero-order valence-electron chi connectivity index (χ0n) is 19.1. The fourth-order valence-corrected chi connectivity index (χ4v) is 4.48. The molecule has 2 aromatic rings. The number of rotatable bonds is 10. The number of carbonyl (C=O) groups is 1. The summed E-state index contributed by atoms with van der Waals surface area (Å²) >= 11 is 0. The summed E-state index contributed by atoms with van der Waals surface area (Å²) in [4.78, 5) is 14.0. The minimum Gasteiger partial charge on any atom is -0.492 e. The van der Waals surface area contributed by atoms with E-state index in [-0.39, 0.29) is 22.8 Å². The smallest absolute Gasteiger partial charge is 0.338 e. The van der Waals surface area contributed by atoms with Gasteiger partial charge in [0.25, 0.3) is 10.0 Å². The maximum absolute atomic E-state index is 13.1. The average molecular weight is 479 g/mol. The first-order valence-electron chi connectivity index (χ1n) is 11.0. The highest BCUT2D eigenvalue weighted by Crippen LogP contribution is 2.40. The van der Waals surface area contributed by atoms with Gasteiger partial charge in [0, 0.05) is 25.2 Å². The van der Waals surface area contributed by atoms with Gasteiger partial charge in [-0.25, -0.2) is 13.2 Å². The molecular formula is C23H30N2O7S. The molecule has 1 N–H and O–H groups in total. The topological polar surface area (TPSA) is 103 Å². The fourth-order valence-electron chi connectivity index (χ4n) is 3.41. The Hall–Kier alpha value is -2.98. The Bertz CT molecular complexity index is 1050. The second kappa shape index (κ2) is 11.2. The number of nitrogens with one attached hydrogen (secondary N) is 1. The number of hydrogen-bond acceptors (Lipinski definition) is 8. The molecule has 0 spiro atoms. The van der Waals surface area contributed by atoms with Crippen LogP contribution in [0.3, 0.4) is 0 Å². The molecule has 1 fully saturated rings. The molecule has 1 heterocycles. The molecule has 9 nitrogen and oxygen atoms in total. The van der Waals surface area contributed by atoms with E-state index in [1.807, 2.05) is 13.8 Å². The normalized spacial score (nSPS) is 14.0. The van der Waals surface area contributed by atoms with Gasteiger partial charge in [0.05, 0.1) is 54.9 Å². The lowest BCUT2D eigenvalue weighted by molar-refractivity contribution is 0.0526. The van der Waals surface area contributed by atoms with Gasteiger partial charge in [0.1, 0.15) is 11.5 Å². The molecule has 1 aliphatic rings. The number of nitrogens with zero attached hydrogens (tertiary/aromatic N) is 1. The van der Waals surface area contributed by atoms with E-state index in [2.05, 4.69) is 9.62 Å². The monoisotopic (exact) mass is 478 g/mol. The predicted molar refractivity (Wildman–Crippen MR) is 125 cm³/mol. The molecule has 0 amide bonds. The number of esters is 1. The molecule has 0 unspecified atom stereocenters. The molecule has 0 aliphatic carbocycles. The van der Waals surface area contributed by atoms with Crippen LogP contribution in [-0.2, 0) is 19.5 Å². The number of benzene rings is 2. The SMILES string of the molecule is CCOC(=O)c1ccc(S(=O)(=O)Nc2cc(OCC)c(N3CCOCC3)cc2OCC)cc1. The van der Waals surface area contributed by atoms with E-state index in [1.54, 1.807) is 19.1 Å². The first-order chi connectivity index (χ1) is 15.9. The van der Waals surface area contributed by atoms with Crippen LogP contribution in [0.4, 0.5) is 11.4 Å². The van der Waals surface area contributed by atoms with Crippen LogP contribution in [0.5, 0.6) is 11.5 Å². The maximum atomic E-state index is 13.1. The van der Waals surface area contributed by atoms with Gasteiger partial charge in [0.15, 0.2) is 0 Å². The summed E-state index contributed by atoms with van der Waals surface area (Å²) < 4.78 is 50.7. The number of carbonyl (C=O) groups excluding carboxylic acids is 1. The van der Waals surface area contributed by atoms with Crippen LogP contribution in [0.2, 0.25) is 0 Å². The van der Waals surface area contributed by atoms with E-state index >= 15 is 0 Å². The van der Waals surface area contributed by atoms with Gasteiger partial charge in [-0.1, -0.05) is 0 Å². The lowest BCUT2D eigenvalue weighted by Gasteiger charge is -2.31. The number of morpholine rings is 1. The highest BCUT2D eigenvalue weighted by Gasteiger charge is 2.23. The Morgan fingerprint density at radius 2 is 1.61 bits per heavy atom. The third-order valence-electron chi connectivity index (χ3n) is 4.93. The molecule has 2 aromatic carbocycles. The highest BCUT2D eigenvalue weighted by atomic mass is 32.2. The lowest BCUT2D eigenvalue weighted by Crippen LogP contribution is -2.36. The molecule has 0 atom stereocenters. The fraction of sp³-hybridized carbons (Fsp3) is 0.435. The van der Waals surface area contributed by atoms with Crippen LogP contribution in [0.25, 0.3) is 0 Å². The first kappa shape index (κ1) is 24.7. The standard InChI is InChI=1S/C23H30N2O7S/c1-4-30-21-16-20(25-11-13-29-14-12-25)22(31-5-2)15-19(21)24-33(27,28)18-9-7-17(8-10-18)23(26)32-6-3/h7-10,15-16,24H,4-6,11-14H2,1-3H3. The molecule has 0 aromatic heterocycles. The van der Waals surface area contributed by atoms with Crippen molar-refractivity contribution in [1.29, 1.82) is 0 Å². The summed E-state index contributed by atoms with van der Waals surface area (Å²) in [5.41, 5.74) is 1.37. The zero-order chi connectivity index (χ0) is 23.8.